The standard InChI is InChI=1S/C24H18N2O2/c1-17-10-12-18(13-11-17)20-15-21(19-7-3-2-4-8-19)25-22(16-20)24(28)26-14-6-5-9-23(26)27/h2-16H,1H3. The molecule has 2 heterocycles. The Hall–Kier alpha value is -3.79. The summed E-state index contributed by atoms with van der Waals surface area (Å²) in [6, 6.07) is 26.1. The lowest BCUT2D eigenvalue weighted by atomic mass is 10.0. The van der Waals surface area contributed by atoms with Crippen molar-refractivity contribution in [1.29, 1.82) is 0 Å². The van der Waals surface area contributed by atoms with E-state index in [2.05, 4.69) is 4.98 Å². The van der Waals surface area contributed by atoms with Crippen molar-refractivity contribution in [1.82, 2.24) is 9.55 Å². The van der Waals surface area contributed by atoms with Crippen LogP contribution in [0.1, 0.15) is 16.1 Å². The van der Waals surface area contributed by atoms with Gasteiger partial charge in [0.15, 0.2) is 0 Å². The van der Waals surface area contributed by atoms with Crippen molar-refractivity contribution in [2.24, 2.45) is 0 Å². The zero-order valence-electron chi connectivity index (χ0n) is 15.4. The van der Waals surface area contributed by atoms with Crippen LogP contribution in [-0.4, -0.2) is 15.5 Å². The molecule has 0 radical (unpaired) electrons. The molecule has 0 aliphatic heterocycles. The Balaban J connectivity index is 1.89. The van der Waals surface area contributed by atoms with Gasteiger partial charge >= 0.3 is 0 Å². The number of hydrogen-bond donors (Lipinski definition) is 0. The second-order valence-electron chi connectivity index (χ2n) is 6.57. The lowest BCUT2D eigenvalue weighted by molar-refractivity contribution is 0.0951. The normalized spacial score (nSPS) is 10.6. The summed E-state index contributed by atoms with van der Waals surface area (Å²) < 4.78 is 1.08. The van der Waals surface area contributed by atoms with Crippen LogP contribution in [0, 0.1) is 6.92 Å². The van der Waals surface area contributed by atoms with E-state index in [4.69, 9.17) is 0 Å². The van der Waals surface area contributed by atoms with Gasteiger partial charge < -0.3 is 0 Å². The Morgan fingerprint density at radius 2 is 1.50 bits per heavy atom. The average molecular weight is 366 g/mol. The van der Waals surface area contributed by atoms with Crippen LogP contribution in [0.15, 0.2) is 95.9 Å². The van der Waals surface area contributed by atoms with Crippen molar-refractivity contribution < 1.29 is 4.79 Å². The molecular weight excluding hydrogens is 348 g/mol. The highest BCUT2D eigenvalue weighted by Gasteiger charge is 2.15. The molecule has 0 aliphatic carbocycles. The number of carbonyl (C=O) groups excluding carboxylic acids is 1. The first kappa shape index (κ1) is 17.6. The summed E-state index contributed by atoms with van der Waals surface area (Å²) in [6.07, 6.45) is 1.47. The maximum Gasteiger partial charge on any atom is 0.283 e. The summed E-state index contributed by atoms with van der Waals surface area (Å²) in [6.45, 7) is 2.03. The van der Waals surface area contributed by atoms with E-state index >= 15 is 0 Å². The number of hydrogen-bond acceptors (Lipinski definition) is 3. The number of benzene rings is 2. The minimum absolute atomic E-state index is 0.227. The predicted octanol–water partition coefficient (Wildman–Crippen LogP) is 4.57. The monoisotopic (exact) mass is 366 g/mol. The number of rotatable bonds is 3. The first-order chi connectivity index (χ1) is 13.6. The topological polar surface area (TPSA) is 52.0 Å². The molecule has 4 aromatic rings. The fourth-order valence-electron chi connectivity index (χ4n) is 3.03. The van der Waals surface area contributed by atoms with Gasteiger partial charge in [-0.3, -0.25) is 9.59 Å². The minimum Gasteiger partial charge on any atom is -0.269 e. The number of aromatic nitrogens is 2. The van der Waals surface area contributed by atoms with E-state index in [0.29, 0.717) is 5.69 Å². The third-order valence-electron chi connectivity index (χ3n) is 4.54. The molecule has 4 rings (SSSR count). The highest BCUT2D eigenvalue weighted by molar-refractivity contribution is 5.96. The van der Waals surface area contributed by atoms with Crippen LogP contribution >= 0.6 is 0 Å². The van der Waals surface area contributed by atoms with Crippen LogP contribution in [-0.2, 0) is 0 Å². The van der Waals surface area contributed by atoms with Crippen molar-refractivity contribution in [2.75, 3.05) is 0 Å². The largest absolute Gasteiger partial charge is 0.283 e. The van der Waals surface area contributed by atoms with Gasteiger partial charge in [0, 0.05) is 17.8 Å². The van der Waals surface area contributed by atoms with Crippen LogP contribution in [0.25, 0.3) is 22.4 Å². The zero-order valence-corrected chi connectivity index (χ0v) is 15.4. The van der Waals surface area contributed by atoms with Gasteiger partial charge in [-0.1, -0.05) is 66.2 Å². The fraction of sp³-hybridized carbons (Fsp3) is 0.0417. The van der Waals surface area contributed by atoms with E-state index in [9.17, 15) is 9.59 Å². The van der Waals surface area contributed by atoms with Crippen LogP contribution < -0.4 is 5.56 Å². The Morgan fingerprint density at radius 3 is 2.21 bits per heavy atom. The molecule has 0 N–H and O–H groups in total. The zero-order chi connectivity index (χ0) is 19.5. The minimum atomic E-state index is -0.447. The van der Waals surface area contributed by atoms with Crippen molar-refractivity contribution in [3.63, 3.8) is 0 Å². The second-order valence-corrected chi connectivity index (χ2v) is 6.57. The van der Waals surface area contributed by atoms with Gasteiger partial charge in [0.2, 0.25) is 0 Å². The SMILES string of the molecule is Cc1ccc(-c2cc(C(=O)n3ccccc3=O)nc(-c3ccccc3)c2)cc1. The molecule has 4 heteroatoms. The average Bonchev–Trinajstić information content (AvgIpc) is 2.74. The van der Waals surface area contributed by atoms with Gasteiger partial charge in [0.05, 0.1) is 5.69 Å². The lowest BCUT2D eigenvalue weighted by Gasteiger charge is -2.10. The quantitative estimate of drug-likeness (QED) is 0.533. The Kier molecular flexibility index (Phi) is 4.68. The number of nitrogens with zero attached hydrogens (tertiary/aromatic N) is 2. The number of aryl methyl sites for hydroxylation is 1. The summed E-state index contributed by atoms with van der Waals surface area (Å²) >= 11 is 0. The summed E-state index contributed by atoms with van der Waals surface area (Å²) in [5.74, 6) is -0.447. The van der Waals surface area contributed by atoms with Crippen LogP contribution in [0.3, 0.4) is 0 Å². The highest BCUT2D eigenvalue weighted by atomic mass is 16.2. The van der Waals surface area contributed by atoms with Crippen LogP contribution in [0.2, 0.25) is 0 Å². The van der Waals surface area contributed by atoms with Gasteiger partial charge in [0.25, 0.3) is 11.5 Å². The van der Waals surface area contributed by atoms with Gasteiger partial charge in [-0.2, -0.15) is 0 Å². The van der Waals surface area contributed by atoms with E-state index in [1.54, 1.807) is 18.2 Å². The Labute approximate surface area is 162 Å². The summed E-state index contributed by atoms with van der Waals surface area (Å²) in [5.41, 5.74) is 4.47. The van der Waals surface area contributed by atoms with Crippen LogP contribution in [0.5, 0.6) is 0 Å². The Morgan fingerprint density at radius 1 is 0.786 bits per heavy atom. The van der Waals surface area contributed by atoms with Gasteiger partial charge in [-0.15, -0.1) is 0 Å². The molecular formula is C24H18N2O2. The van der Waals surface area contributed by atoms with E-state index in [1.807, 2.05) is 67.6 Å². The van der Waals surface area contributed by atoms with Crippen molar-refractivity contribution >= 4 is 5.91 Å². The number of pyridine rings is 2. The summed E-state index contributed by atoms with van der Waals surface area (Å²) in [4.78, 5) is 29.6. The van der Waals surface area contributed by atoms with Gasteiger partial charge in [-0.05, 0) is 36.2 Å². The fourth-order valence-corrected chi connectivity index (χ4v) is 3.03. The van der Waals surface area contributed by atoms with Crippen molar-refractivity contribution in [3.8, 4) is 22.4 Å². The second kappa shape index (κ2) is 7.45. The molecule has 0 spiro atoms. The lowest BCUT2D eigenvalue weighted by Crippen LogP contribution is -2.26. The van der Waals surface area contributed by atoms with E-state index in [1.165, 1.54) is 12.3 Å². The maximum absolute atomic E-state index is 13.0. The molecule has 136 valence electrons. The molecule has 0 unspecified atom stereocenters. The van der Waals surface area contributed by atoms with Crippen molar-refractivity contribution in [3.05, 3.63) is 113 Å². The molecule has 0 aliphatic rings. The number of carbonyl (C=O) groups is 1. The summed E-state index contributed by atoms with van der Waals surface area (Å²) in [5, 5.41) is 0. The molecule has 0 saturated carbocycles. The Bertz CT molecular complexity index is 1190. The third kappa shape index (κ3) is 3.53. The first-order valence-corrected chi connectivity index (χ1v) is 8.99. The van der Waals surface area contributed by atoms with E-state index in [0.717, 1.165) is 26.8 Å². The van der Waals surface area contributed by atoms with Crippen molar-refractivity contribution in [2.45, 2.75) is 6.92 Å². The molecule has 0 atom stereocenters. The molecule has 0 saturated heterocycles. The highest BCUT2D eigenvalue weighted by Crippen LogP contribution is 2.26. The van der Waals surface area contributed by atoms with Gasteiger partial charge in [0.1, 0.15) is 5.69 Å². The molecule has 2 aromatic carbocycles. The molecule has 28 heavy (non-hydrogen) atoms. The van der Waals surface area contributed by atoms with E-state index in [-0.39, 0.29) is 11.3 Å². The predicted molar refractivity (Wildman–Crippen MR) is 110 cm³/mol. The first-order valence-electron chi connectivity index (χ1n) is 8.99. The van der Waals surface area contributed by atoms with E-state index < -0.39 is 5.91 Å². The van der Waals surface area contributed by atoms with Gasteiger partial charge in [-0.25, -0.2) is 9.55 Å². The smallest absolute Gasteiger partial charge is 0.269 e. The maximum atomic E-state index is 13.0. The molecule has 4 nitrogen and oxygen atoms in total. The third-order valence-corrected chi connectivity index (χ3v) is 4.54. The molecule has 0 amide bonds. The molecule has 2 aromatic heterocycles. The van der Waals surface area contributed by atoms with Crippen LogP contribution in [0.4, 0.5) is 0 Å². The molecule has 0 bridgehead atoms. The summed E-state index contributed by atoms with van der Waals surface area (Å²) in [7, 11) is 0. The molecule has 0 fully saturated rings.